The van der Waals surface area contributed by atoms with E-state index in [1.54, 1.807) is 0 Å². The molecule has 0 aliphatic carbocycles. The van der Waals surface area contributed by atoms with E-state index in [1.807, 2.05) is 0 Å². The number of hydrogen-bond acceptors (Lipinski definition) is 2. The number of benzene rings is 2. The molecule has 41 heavy (non-hydrogen) atoms. The quantitative estimate of drug-likeness (QED) is 0.329. The van der Waals surface area contributed by atoms with Gasteiger partial charge in [0.1, 0.15) is 0 Å². The maximum atomic E-state index is 2.75. The molecule has 3 heteroatoms. The normalized spacial score (nSPS) is 17.0. The van der Waals surface area contributed by atoms with Crippen LogP contribution in [0, 0.1) is 0 Å². The predicted octanol–water partition coefficient (Wildman–Crippen LogP) is 11.7. The van der Waals surface area contributed by atoms with Crippen molar-refractivity contribution in [1.29, 1.82) is 0 Å². The summed E-state index contributed by atoms with van der Waals surface area (Å²) in [6.07, 6.45) is 4.83. The van der Waals surface area contributed by atoms with Crippen molar-refractivity contribution in [3.05, 3.63) is 71.1 Å². The SMILES string of the molecule is CC(C)(C)c1cc(N2C=CN(c3cc(C(C)(C)C)cc(C(C)(C)C)c3)[Si]2(C(C)(C)C)C(C)(C)C)cc(C(C)(C)C)c1. The van der Waals surface area contributed by atoms with E-state index in [2.05, 4.69) is 183 Å². The van der Waals surface area contributed by atoms with Crippen molar-refractivity contribution in [2.45, 2.75) is 156 Å². The summed E-state index contributed by atoms with van der Waals surface area (Å²) in [7, 11) is -2.55. The first kappa shape index (κ1) is 33.5. The third kappa shape index (κ3) is 6.22. The van der Waals surface area contributed by atoms with Crippen molar-refractivity contribution in [3.63, 3.8) is 0 Å². The molecule has 1 heterocycles. The lowest BCUT2D eigenvalue weighted by molar-refractivity contribution is 0.568. The Morgan fingerprint density at radius 3 is 0.756 bits per heavy atom. The second-order valence-electron chi connectivity index (χ2n) is 18.7. The van der Waals surface area contributed by atoms with Crippen LogP contribution in [0.15, 0.2) is 48.8 Å². The Morgan fingerprint density at radius 1 is 0.366 bits per heavy atom. The van der Waals surface area contributed by atoms with E-state index >= 15 is 0 Å². The average Bonchev–Trinajstić information content (AvgIpc) is 3.18. The highest BCUT2D eigenvalue weighted by atomic mass is 28.4. The minimum Gasteiger partial charge on any atom is -0.354 e. The Hall–Kier alpha value is -2.00. The van der Waals surface area contributed by atoms with Gasteiger partial charge >= 0.3 is 0 Å². The molecule has 0 aromatic heterocycles. The molecule has 228 valence electrons. The van der Waals surface area contributed by atoms with Gasteiger partial charge in [-0.2, -0.15) is 0 Å². The summed E-state index contributed by atoms with van der Waals surface area (Å²) in [6.45, 7) is 43.0. The molecule has 0 unspecified atom stereocenters. The average molecular weight is 575 g/mol. The first-order valence-electron chi connectivity index (χ1n) is 15.7. The van der Waals surface area contributed by atoms with Gasteiger partial charge in [0.2, 0.25) is 0 Å². The van der Waals surface area contributed by atoms with Crippen LogP contribution in [0.25, 0.3) is 0 Å². The zero-order chi connectivity index (χ0) is 31.8. The summed E-state index contributed by atoms with van der Waals surface area (Å²) in [6, 6.07) is 14.8. The molecule has 3 rings (SSSR count). The van der Waals surface area contributed by atoms with Crippen LogP contribution in [0.3, 0.4) is 0 Å². The Kier molecular flexibility index (Phi) is 8.20. The minimum atomic E-state index is -2.55. The Bertz CT molecular complexity index is 1120. The topological polar surface area (TPSA) is 6.48 Å². The standard InChI is InChI=1S/C38H62N2Si/c1-33(2,3)27-21-28(34(4,5)6)24-31(23-27)39-19-20-40(41(39,37(13,14)15)38(16,17)18)32-25-29(35(7,8)9)22-30(26-32)36(10,11)12/h19-26H,1-18H3. The van der Waals surface area contributed by atoms with Crippen molar-refractivity contribution in [1.82, 2.24) is 0 Å². The predicted molar refractivity (Wildman–Crippen MR) is 187 cm³/mol. The van der Waals surface area contributed by atoms with E-state index < -0.39 is 8.40 Å². The second-order valence-corrected chi connectivity index (χ2v) is 24.1. The van der Waals surface area contributed by atoms with Gasteiger partial charge in [0.15, 0.2) is 0 Å². The van der Waals surface area contributed by atoms with Gasteiger partial charge in [-0.05, 0) is 78.3 Å². The molecule has 2 nitrogen and oxygen atoms in total. The highest BCUT2D eigenvalue weighted by Crippen LogP contribution is 2.59. The smallest absolute Gasteiger partial charge is 0.283 e. The summed E-state index contributed by atoms with van der Waals surface area (Å²) in [4.78, 5) is 0. The van der Waals surface area contributed by atoms with Crippen molar-refractivity contribution in [2.75, 3.05) is 9.13 Å². The molecule has 0 saturated carbocycles. The summed E-state index contributed by atoms with van der Waals surface area (Å²) >= 11 is 0. The summed E-state index contributed by atoms with van der Waals surface area (Å²) in [5.41, 5.74) is 8.55. The van der Waals surface area contributed by atoms with Crippen LogP contribution in [-0.2, 0) is 21.7 Å². The van der Waals surface area contributed by atoms with Gasteiger partial charge in [0, 0.05) is 23.8 Å². The monoisotopic (exact) mass is 574 g/mol. The Labute approximate surface area is 255 Å². The summed E-state index contributed by atoms with van der Waals surface area (Å²) < 4.78 is 5.50. The first-order chi connectivity index (χ1) is 18.1. The number of hydrogen-bond donors (Lipinski definition) is 0. The lowest BCUT2D eigenvalue weighted by Crippen LogP contribution is -2.70. The van der Waals surface area contributed by atoms with E-state index in [9.17, 15) is 0 Å². The fourth-order valence-electron chi connectivity index (χ4n) is 6.81. The zero-order valence-corrected chi connectivity index (χ0v) is 31.0. The molecule has 0 saturated heterocycles. The lowest BCUT2D eigenvalue weighted by Gasteiger charge is -2.58. The van der Waals surface area contributed by atoms with E-state index in [0.717, 1.165) is 0 Å². The number of nitrogens with zero attached hydrogens (tertiary/aromatic N) is 2. The molecule has 0 fully saturated rings. The van der Waals surface area contributed by atoms with Gasteiger partial charge in [-0.3, -0.25) is 0 Å². The van der Waals surface area contributed by atoms with Gasteiger partial charge in [0.25, 0.3) is 8.40 Å². The van der Waals surface area contributed by atoms with Gasteiger partial charge in [-0.25, -0.2) is 0 Å². The number of rotatable bonds is 2. The molecular formula is C38H62N2Si. The Balaban J connectivity index is 2.45. The fraction of sp³-hybridized carbons (Fsp3) is 0.632. The zero-order valence-electron chi connectivity index (χ0n) is 30.0. The molecule has 0 spiro atoms. The van der Waals surface area contributed by atoms with Crippen molar-refractivity contribution in [2.24, 2.45) is 0 Å². The third-order valence-electron chi connectivity index (χ3n) is 9.01. The molecule has 0 atom stereocenters. The molecule has 0 bridgehead atoms. The van der Waals surface area contributed by atoms with Crippen LogP contribution in [0.1, 0.15) is 147 Å². The maximum absolute atomic E-state index is 2.75. The summed E-state index contributed by atoms with van der Waals surface area (Å²) in [5.74, 6) is 0. The summed E-state index contributed by atoms with van der Waals surface area (Å²) in [5, 5.41) is 0.0715. The number of anilines is 2. The minimum absolute atomic E-state index is 0.0357. The van der Waals surface area contributed by atoms with Crippen LogP contribution >= 0.6 is 0 Å². The molecular weight excluding hydrogens is 513 g/mol. The molecule has 0 radical (unpaired) electrons. The molecule has 2 aromatic rings. The van der Waals surface area contributed by atoms with E-state index in [4.69, 9.17) is 0 Å². The molecule has 1 aliphatic rings. The first-order valence-corrected chi connectivity index (χ1v) is 17.6. The Morgan fingerprint density at radius 2 is 0.585 bits per heavy atom. The third-order valence-corrected chi connectivity index (χ3v) is 15.4. The molecule has 1 aliphatic heterocycles. The van der Waals surface area contributed by atoms with Crippen LogP contribution in [0.2, 0.25) is 10.1 Å². The van der Waals surface area contributed by atoms with Gasteiger partial charge in [-0.15, -0.1) is 0 Å². The molecule has 2 aromatic carbocycles. The lowest BCUT2D eigenvalue weighted by atomic mass is 9.80. The molecule has 0 N–H and O–H groups in total. The highest BCUT2D eigenvalue weighted by molar-refractivity contribution is 6.92. The van der Waals surface area contributed by atoms with Gasteiger partial charge in [0.05, 0.1) is 0 Å². The van der Waals surface area contributed by atoms with Gasteiger partial charge in [-0.1, -0.05) is 137 Å². The largest absolute Gasteiger partial charge is 0.354 e. The van der Waals surface area contributed by atoms with Crippen molar-refractivity contribution < 1.29 is 0 Å². The highest BCUT2D eigenvalue weighted by Gasteiger charge is 2.64. The van der Waals surface area contributed by atoms with Crippen LogP contribution < -0.4 is 9.13 Å². The van der Waals surface area contributed by atoms with Crippen LogP contribution in [-0.4, -0.2) is 8.40 Å². The van der Waals surface area contributed by atoms with Crippen molar-refractivity contribution in [3.8, 4) is 0 Å². The fourth-order valence-corrected chi connectivity index (χ4v) is 13.8. The van der Waals surface area contributed by atoms with E-state index in [-0.39, 0.29) is 31.7 Å². The maximum Gasteiger partial charge on any atom is 0.283 e. The van der Waals surface area contributed by atoms with Crippen molar-refractivity contribution >= 4 is 19.8 Å². The van der Waals surface area contributed by atoms with E-state index in [1.165, 1.54) is 33.6 Å². The van der Waals surface area contributed by atoms with E-state index in [0.29, 0.717) is 0 Å². The van der Waals surface area contributed by atoms with Crippen LogP contribution in [0.5, 0.6) is 0 Å². The van der Waals surface area contributed by atoms with Crippen LogP contribution in [0.4, 0.5) is 11.4 Å². The molecule has 0 amide bonds. The second kappa shape index (κ2) is 10.0. The van der Waals surface area contributed by atoms with Gasteiger partial charge < -0.3 is 9.13 Å².